The second-order valence-electron chi connectivity index (χ2n) is 10.1. The number of carbonyl (C=O) groups is 1. The number of nitrogens with one attached hydrogen (secondary N) is 1. The maximum absolute atomic E-state index is 13.3. The van der Waals surface area contributed by atoms with Crippen LogP contribution in [0.4, 0.5) is 5.13 Å². The molecule has 6 nitrogen and oxygen atoms in total. The molecule has 7 heteroatoms. The molecule has 0 bridgehead atoms. The van der Waals surface area contributed by atoms with Crippen LogP contribution in [0.25, 0.3) is 22.4 Å². The Kier molecular flexibility index (Phi) is 8.40. The molecule has 2 aromatic carbocycles. The number of amides is 1. The van der Waals surface area contributed by atoms with E-state index in [-0.39, 0.29) is 18.4 Å². The van der Waals surface area contributed by atoms with Gasteiger partial charge in [0.2, 0.25) is 5.91 Å². The van der Waals surface area contributed by atoms with Gasteiger partial charge >= 0.3 is 0 Å². The molecule has 4 rings (SSSR count). The fourth-order valence-corrected chi connectivity index (χ4v) is 5.82. The van der Waals surface area contributed by atoms with Crippen molar-refractivity contribution in [1.82, 2.24) is 15.2 Å². The molecule has 2 atom stereocenters. The van der Waals surface area contributed by atoms with Crippen LogP contribution < -0.4 is 10.2 Å². The summed E-state index contributed by atoms with van der Waals surface area (Å²) in [6.45, 7) is 6.22. The predicted octanol–water partition coefficient (Wildman–Crippen LogP) is 5.39. The topological polar surface area (TPSA) is 72.3 Å². The van der Waals surface area contributed by atoms with Crippen molar-refractivity contribution >= 4 is 22.4 Å². The minimum atomic E-state index is -0.368. The van der Waals surface area contributed by atoms with E-state index in [2.05, 4.69) is 72.7 Å². The zero-order chi connectivity index (χ0) is 25.7. The lowest BCUT2D eigenvalue weighted by molar-refractivity contribution is -0.122. The third kappa shape index (κ3) is 5.77. The standard InChI is InChI=1S/C29H35N5OS/c1-20(2)17-25(28(35)31-15-14-30)24-12-8-11-23(21-9-6-5-7-10-21)27(24)26-19-36-29(32-26)34-16-13-22(18-34)33(3)4/h5-12,19-20,22,25H,13,15-18H2,1-4H3,(H,31,35). The first-order valence-corrected chi connectivity index (χ1v) is 13.5. The third-order valence-electron chi connectivity index (χ3n) is 6.83. The summed E-state index contributed by atoms with van der Waals surface area (Å²) in [5.74, 6) is -0.165. The Bertz CT molecular complexity index is 1210. The van der Waals surface area contributed by atoms with Crippen molar-refractivity contribution in [2.24, 2.45) is 5.92 Å². The van der Waals surface area contributed by atoms with Gasteiger partial charge in [-0.25, -0.2) is 4.98 Å². The van der Waals surface area contributed by atoms with E-state index in [0.717, 1.165) is 52.6 Å². The second-order valence-corrected chi connectivity index (χ2v) is 10.9. The molecule has 3 aromatic rings. The van der Waals surface area contributed by atoms with Crippen LogP contribution in [0, 0.1) is 17.2 Å². The summed E-state index contributed by atoms with van der Waals surface area (Å²) in [5.41, 5.74) is 5.04. The quantitative estimate of drug-likeness (QED) is 0.398. The van der Waals surface area contributed by atoms with Crippen molar-refractivity contribution in [1.29, 1.82) is 5.26 Å². The van der Waals surface area contributed by atoms with E-state index < -0.39 is 0 Å². The summed E-state index contributed by atoms with van der Waals surface area (Å²) < 4.78 is 0. The molecule has 188 valence electrons. The zero-order valence-electron chi connectivity index (χ0n) is 21.6. The van der Waals surface area contributed by atoms with Crippen LogP contribution in [0.15, 0.2) is 53.9 Å². The van der Waals surface area contributed by atoms with Crippen LogP contribution in [0.5, 0.6) is 0 Å². The summed E-state index contributed by atoms with van der Waals surface area (Å²) in [7, 11) is 4.27. The molecule has 1 aromatic heterocycles. The molecule has 0 radical (unpaired) electrons. The molecule has 0 spiro atoms. The van der Waals surface area contributed by atoms with E-state index in [1.54, 1.807) is 11.3 Å². The summed E-state index contributed by atoms with van der Waals surface area (Å²) in [5, 5.41) is 15.0. The molecule has 2 unspecified atom stereocenters. The fraction of sp³-hybridized carbons (Fsp3) is 0.414. The van der Waals surface area contributed by atoms with Gasteiger partial charge in [-0.1, -0.05) is 62.4 Å². The van der Waals surface area contributed by atoms with E-state index in [1.165, 1.54) is 0 Å². The van der Waals surface area contributed by atoms with Crippen molar-refractivity contribution in [3.05, 3.63) is 59.5 Å². The van der Waals surface area contributed by atoms with E-state index in [0.29, 0.717) is 18.4 Å². The molecule has 1 aliphatic heterocycles. The maximum Gasteiger partial charge on any atom is 0.228 e. The number of rotatable bonds is 9. The van der Waals surface area contributed by atoms with E-state index in [4.69, 9.17) is 10.2 Å². The molecule has 1 N–H and O–H groups in total. The SMILES string of the molecule is CC(C)CC(C(=O)NCC#N)c1cccc(-c2ccccc2)c1-c1csc(N2CCC(N(C)C)C2)n1. The second kappa shape index (κ2) is 11.7. The molecule has 0 aliphatic carbocycles. The molecule has 2 heterocycles. The van der Waals surface area contributed by atoms with Gasteiger partial charge in [-0.2, -0.15) is 5.26 Å². The minimum absolute atomic E-state index is 0.00396. The highest BCUT2D eigenvalue weighted by atomic mass is 32.1. The van der Waals surface area contributed by atoms with Crippen molar-refractivity contribution < 1.29 is 4.79 Å². The Balaban J connectivity index is 1.81. The van der Waals surface area contributed by atoms with Gasteiger partial charge in [-0.3, -0.25) is 4.79 Å². The third-order valence-corrected chi connectivity index (χ3v) is 7.74. The largest absolute Gasteiger partial charge is 0.346 e. The lowest BCUT2D eigenvalue weighted by Gasteiger charge is -2.23. The van der Waals surface area contributed by atoms with E-state index >= 15 is 0 Å². The molecule has 1 fully saturated rings. The molecule has 1 saturated heterocycles. The Morgan fingerprint density at radius 1 is 1.22 bits per heavy atom. The first kappa shape index (κ1) is 25.9. The fourth-order valence-electron chi connectivity index (χ4n) is 4.96. The van der Waals surface area contributed by atoms with Crippen molar-refractivity contribution in [3.8, 4) is 28.5 Å². The average molecular weight is 502 g/mol. The molecular formula is C29H35N5OS. The number of nitriles is 1. The van der Waals surface area contributed by atoms with Crippen LogP contribution in [-0.4, -0.2) is 55.6 Å². The van der Waals surface area contributed by atoms with Crippen LogP contribution in [0.2, 0.25) is 0 Å². The highest BCUT2D eigenvalue weighted by molar-refractivity contribution is 7.14. The first-order chi connectivity index (χ1) is 17.4. The number of likely N-dealkylation sites (N-methyl/N-ethyl adjacent to an activating group) is 1. The number of hydrogen-bond donors (Lipinski definition) is 1. The van der Waals surface area contributed by atoms with Gasteiger partial charge in [-0.15, -0.1) is 11.3 Å². The van der Waals surface area contributed by atoms with Crippen LogP contribution >= 0.6 is 11.3 Å². The highest BCUT2D eigenvalue weighted by Gasteiger charge is 2.29. The van der Waals surface area contributed by atoms with Gasteiger partial charge in [-0.05, 0) is 49.5 Å². The summed E-state index contributed by atoms with van der Waals surface area (Å²) in [4.78, 5) is 23.1. The first-order valence-electron chi connectivity index (χ1n) is 12.6. The number of thiazole rings is 1. The summed E-state index contributed by atoms with van der Waals surface area (Å²) in [6, 6.07) is 19.1. The monoisotopic (exact) mass is 501 g/mol. The highest BCUT2D eigenvalue weighted by Crippen LogP contribution is 2.41. The summed E-state index contributed by atoms with van der Waals surface area (Å²) >= 11 is 1.67. The van der Waals surface area contributed by atoms with Crippen LogP contribution in [-0.2, 0) is 4.79 Å². The smallest absolute Gasteiger partial charge is 0.228 e. The lowest BCUT2D eigenvalue weighted by atomic mass is 9.83. The Labute approximate surface area is 218 Å². The number of aromatic nitrogens is 1. The Hall–Kier alpha value is -3.21. The van der Waals surface area contributed by atoms with Crippen molar-refractivity contribution in [3.63, 3.8) is 0 Å². The predicted molar refractivity (Wildman–Crippen MR) is 148 cm³/mol. The number of nitrogens with zero attached hydrogens (tertiary/aromatic N) is 4. The Morgan fingerprint density at radius 2 is 2.00 bits per heavy atom. The minimum Gasteiger partial charge on any atom is -0.346 e. The summed E-state index contributed by atoms with van der Waals surface area (Å²) in [6.07, 6.45) is 1.82. The normalized spacial score (nSPS) is 16.4. The van der Waals surface area contributed by atoms with E-state index in [9.17, 15) is 4.79 Å². The van der Waals surface area contributed by atoms with Gasteiger partial charge in [0.15, 0.2) is 5.13 Å². The van der Waals surface area contributed by atoms with Gasteiger partial charge in [0.1, 0.15) is 6.54 Å². The van der Waals surface area contributed by atoms with Crippen LogP contribution in [0.1, 0.15) is 38.2 Å². The molecular weight excluding hydrogens is 466 g/mol. The number of hydrogen-bond acceptors (Lipinski definition) is 6. The van der Waals surface area contributed by atoms with E-state index in [1.807, 2.05) is 30.3 Å². The van der Waals surface area contributed by atoms with Gasteiger partial charge in [0.05, 0.1) is 17.7 Å². The maximum atomic E-state index is 13.3. The molecule has 36 heavy (non-hydrogen) atoms. The Morgan fingerprint density at radius 3 is 2.67 bits per heavy atom. The number of benzene rings is 2. The molecule has 1 amide bonds. The molecule has 0 saturated carbocycles. The molecule has 1 aliphatic rings. The number of anilines is 1. The van der Waals surface area contributed by atoms with Gasteiger partial charge < -0.3 is 15.1 Å². The van der Waals surface area contributed by atoms with Gasteiger partial charge in [0.25, 0.3) is 0 Å². The van der Waals surface area contributed by atoms with Crippen molar-refractivity contribution in [2.75, 3.05) is 38.6 Å². The zero-order valence-corrected chi connectivity index (χ0v) is 22.4. The van der Waals surface area contributed by atoms with Crippen molar-refractivity contribution in [2.45, 2.75) is 38.6 Å². The average Bonchev–Trinajstić information content (AvgIpc) is 3.56. The number of carbonyl (C=O) groups excluding carboxylic acids is 1. The van der Waals surface area contributed by atoms with Crippen LogP contribution in [0.3, 0.4) is 0 Å². The van der Waals surface area contributed by atoms with Gasteiger partial charge in [0, 0.05) is 30.1 Å². The lowest BCUT2D eigenvalue weighted by Crippen LogP contribution is -2.31.